The molecule has 0 radical (unpaired) electrons. The number of nitrogens with one attached hydrogen (secondary N) is 1. The third kappa shape index (κ3) is 1.83. The molecule has 0 aromatic heterocycles. The van der Waals surface area contributed by atoms with E-state index in [1.165, 1.54) is 5.57 Å². The van der Waals surface area contributed by atoms with Gasteiger partial charge in [-0.15, -0.1) is 6.42 Å². The van der Waals surface area contributed by atoms with Crippen LogP contribution in [0.3, 0.4) is 0 Å². The van der Waals surface area contributed by atoms with Gasteiger partial charge in [0, 0.05) is 24.1 Å². The minimum atomic E-state index is -0.365. The zero-order valence-electron chi connectivity index (χ0n) is 14.1. The maximum absolute atomic E-state index is 11.0. The van der Waals surface area contributed by atoms with Gasteiger partial charge in [-0.3, -0.25) is 0 Å². The SMILES string of the molecule is C#CC1C(OC)CC=C2C3Cc4ccc(OC)c(O)c4[C@]21CCN3. The predicted molar refractivity (Wildman–Crippen MR) is 92.3 cm³/mol. The molecular formula is C20H23NO3. The molecule has 3 aliphatic rings. The summed E-state index contributed by atoms with van der Waals surface area (Å²) in [6.45, 7) is 0.882. The van der Waals surface area contributed by atoms with E-state index >= 15 is 0 Å². The van der Waals surface area contributed by atoms with Crippen LogP contribution in [-0.2, 0) is 16.6 Å². The molecule has 24 heavy (non-hydrogen) atoms. The molecule has 4 atom stereocenters. The second-order valence-corrected chi connectivity index (χ2v) is 6.90. The van der Waals surface area contributed by atoms with Crippen LogP contribution in [-0.4, -0.2) is 38.0 Å². The van der Waals surface area contributed by atoms with Crippen LogP contribution >= 0.6 is 0 Å². The molecule has 1 aliphatic heterocycles. The molecule has 4 nitrogen and oxygen atoms in total. The largest absolute Gasteiger partial charge is 0.504 e. The topological polar surface area (TPSA) is 50.7 Å². The molecule has 1 saturated heterocycles. The van der Waals surface area contributed by atoms with E-state index < -0.39 is 0 Å². The second kappa shape index (κ2) is 5.54. The van der Waals surface area contributed by atoms with Crippen LogP contribution in [0.5, 0.6) is 11.5 Å². The maximum Gasteiger partial charge on any atom is 0.162 e. The van der Waals surface area contributed by atoms with E-state index in [1.807, 2.05) is 6.07 Å². The summed E-state index contributed by atoms with van der Waals surface area (Å²) >= 11 is 0. The molecule has 1 aromatic rings. The van der Waals surface area contributed by atoms with Crippen molar-refractivity contribution in [2.24, 2.45) is 5.92 Å². The maximum atomic E-state index is 11.0. The number of hydrogen-bond donors (Lipinski definition) is 2. The Labute approximate surface area is 142 Å². The molecule has 4 rings (SSSR count). The molecule has 2 aliphatic carbocycles. The lowest BCUT2D eigenvalue weighted by atomic mass is 9.52. The van der Waals surface area contributed by atoms with Crippen LogP contribution in [0, 0.1) is 18.3 Å². The third-order valence-electron chi connectivity index (χ3n) is 6.07. The van der Waals surface area contributed by atoms with E-state index in [4.69, 9.17) is 15.9 Å². The highest BCUT2D eigenvalue weighted by atomic mass is 16.5. The van der Waals surface area contributed by atoms with Gasteiger partial charge in [-0.25, -0.2) is 0 Å². The van der Waals surface area contributed by atoms with Crippen molar-refractivity contribution in [3.05, 3.63) is 34.9 Å². The van der Waals surface area contributed by atoms with Gasteiger partial charge in [0.05, 0.1) is 19.1 Å². The van der Waals surface area contributed by atoms with E-state index in [0.717, 1.165) is 36.9 Å². The lowest BCUT2D eigenvalue weighted by molar-refractivity contribution is 0.0311. The van der Waals surface area contributed by atoms with Crippen LogP contribution in [0.4, 0.5) is 0 Å². The number of methoxy groups -OCH3 is 2. The molecule has 2 N–H and O–H groups in total. The average molecular weight is 325 g/mol. The van der Waals surface area contributed by atoms with Crippen molar-refractivity contribution in [2.45, 2.75) is 36.8 Å². The summed E-state index contributed by atoms with van der Waals surface area (Å²) in [6.07, 6.45) is 10.8. The second-order valence-electron chi connectivity index (χ2n) is 6.90. The molecule has 1 aromatic carbocycles. The summed E-state index contributed by atoms with van der Waals surface area (Å²) in [5, 5.41) is 14.6. The van der Waals surface area contributed by atoms with E-state index in [-0.39, 0.29) is 29.2 Å². The van der Waals surface area contributed by atoms with Crippen LogP contribution in [0.25, 0.3) is 0 Å². The van der Waals surface area contributed by atoms with Crippen molar-refractivity contribution in [3.8, 4) is 23.8 Å². The minimum Gasteiger partial charge on any atom is -0.504 e. The first-order valence-electron chi connectivity index (χ1n) is 8.49. The fourth-order valence-corrected chi connectivity index (χ4v) is 5.12. The quantitative estimate of drug-likeness (QED) is 0.646. The first-order chi connectivity index (χ1) is 11.7. The molecule has 1 fully saturated rings. The van der Waals surface area contributed by atoms with E-state index in [9.17, 15) is 5.11 Å². The van der Waals surface area contributed by atoms with Crippen LogP contribution < -0.4 is 10.1 Å². The molecule has 2 bridgehead atoms. The van der Waals surface area contributed by atoms with Crippen molar-refractivity contribution in [1.82, 2.24) is 5.32 Å². The van der Waals surface area contributed by atoms with Gasteiger partial charge >= 0.3 is 0 Å². The smallest absolute Gasteiger partial charge is 0.162 e. The Hall–Kier alpha value is -1.96. The Kier molecular flexibility index (Phi) is 3.59. The summed E-state index contributed by atoms with van der Waals surface area (Å²) in [5.41, 5.74) is 3.06. The summed E-state index contributed by atoms with van der Waals surface area (Å²) in [6, 6.07) is 4.19. The predicted octanol–water partition coefficient (Wildman–Crippen LogP) is 2.15. The monoisotopic (exact) mass is 325 g/mol. The van der Waals surface area contributed by atoms with Gasteiger partial charge in [0.1, 0.15) is 0 Å². The van der Waals surface area contributed by atoms with Gasteiger partial charge in [0.25, 0.3) is 0 Å². The Morgan fingerprint density at radius 2 is 2.21 bits per heavy atom. The number of piperidine rings is 1. The average Bonchev–Trinajstić information content (AvgIpc) is 2.60. The van der Waals surface area contributed by atoms with Crippen LogP contribution in [0.15, 0.2) is 23.8 Å². The number of phenolic OH excluding ortho intramolecular Hbond substituents is 1. The summed E-state index contributed by atoms with van der Waals surface area (Å²) in [4.78, 5) is 0. The van der Waals surface area contributed by atoms with E-state index in [2.05, 4.69) is 23.4 Å². The Morgan fingerprint density at radius 3 is 2.92 bits per heavy atom. The minimum absolute atomic E-state index is 0.0333. The lowest BCUT2D eigenvalue weighted by Gasteiger charge is -2.55. The number of ether oxygens (including phenoxy) is 2. The highest BCUT2D eigenvalue weighted by Crippen LogP contribution is 2.58. The van der Waals surface area contributed by atoms with Gasteiger partial charge in [0.15, 0.2) is 11.5 Å². The van der Waals surface area contributed by atoms with Gasteiger partial charge < -0.3 is 19.9 Å². The standard InChI is InChI=1S/C20H23NO3/c1-4-13-16(23-2)8-6-14-15-11-12-5-7-17(24-3)19(22)18(12)20(13,14)9-10-21-15/h1,5-7,13,15-16,21-22H,8-11H2,2-3H3/t13?,15?,16?,20-/m0/s1. The molecule has 3 unspecified atom stereocenters. The van der Waals surface area contributed by atoms with E-state index in [1.54, 1.807) is 14.2 Å². The van der Waals surface area contributed by atoms with Crippen molar-refractivity contribution in [1.29, 1.82) is 0 Å². The zero-order chi connectivity index (χ0) is 16.9. The van der Waals surface area contributed by atoms with Crippen molar-refractivity contribution >= 4 is 0 Å². The van der Waals surface area contributed by atoms with Gasteiger partial charge in [0.2, 0.25) is 0 Å². The highest BCUT2D eigenvalue weighted by molar-refractivity contribution is 5.62. The number of rotatable bonds is 2. The van der Waals surface area contributed by atoms with Gasteiger partial charge in [-0.05, 0) is 43.0 Å². The molecule has 0 saturated carbocycles. The summed E-state index contributed by atoms with van der Waals surface area (Å²) in [5.74, 6) is 3.66. The third-order valence-corrected chi connectivity index (χ3v) is 6.07. The number of fused-ring (bicyclic) bond motifs is 1. The highest BCUT2D eigenvalue weighted by Gasteiger charge is 2.56. The van der Waals surface area contributed by atoms with Crippen molar-refractivity contribution in [2.75, 3.05) is 20.8 Å². The first-order valence-corrected chi connectivity index (χ1v) is 8.49. The van der Waals surface area contributed by atoms with Gasteiger partial charge in [-0.1, -0.05) is 18.1 Å². The molecule has 1 heterocycles. The fraction of sp³-hybridized carbons (Fsp3) is 0.500. The summed E-state index contributed by atoms with van der Waals surface area (Å²) in [7, 11) is 3.31. The number of hydrogen-bond acceptors (Lipinski definition) is 4. The van der Waals surface area contributed by atoms with Crippen LogP contribution in [0.1, 0.15) is 24.0 Å². The first kappa shape index (κ1) is 15.6. The Morgan fingerprint density at radius 1 is 1.38 bits per heavy atom. The number of benzene rings is 1. The number of aromatic hydroxyl groups is 1. The van der Waals surface area contributed by atoms with Crippen molar-refractivity contribution in [3.63, 3.8) is 0 Å². The van der Waals surface area contributed by atoms with Gasteiger partial charge in [-0.2, -0.15) is 0 Å². The molecule has 0 amide bonds. The molecule has 0 spiro atoms. The number of phenols is 1. The summed E-state index contributed by atoms with van der Waals surface area (Å²) < 4.78 is 11.1. The van der Waals surface area contributed by atoms with Crippen molar-refractivity contribution < 1.29 is 14.6 Å². The molecular weight excluding hydrogens is 302 g/mol. The van der Waals surface area contributed by atoms with E-state index in [0.29, 0.717) is 5.75 Å². The fourth-order valence-electron chi connectivity index (χ4n) is 5.12. The van der Waals surface area contributed by atoms with Crippen LogP contribution in [0.2, 0.25) is 0 Å². The lowest BCUT2D eigenvalue weighted by Crippen LogP contribution is -2.59. The Bertz CT molecular complexity index is 748. The number of terminal acetylenes is 1. The molecule has 126 valence electrons. The molecule has 4 heteroatoms. The zero-order valence-corrected chi connectivity index (χ0v) is 14.1. The normalized spacial score (nSPS) is 33.7. The Balaban J connectivity index is 2.03.